The Balaban J connectivity index is 1.74. The number of halogens is 1. The second kappa shape index (κ2) is 5.51. The largest absolute Gasteiger partial charge is 0.442 e. The molecular formula is C14H14FN3O3. The monoisotopic (exact) mass is 291 g/mol. The van der Waals surface area contributed by atoms with E-state index in [-0.39, 0.29) is 24.3 Å². The molecule has 0 aliphatic heterocycles. The predicted octanol–water partition coefficient (Wildman–Crippen LogP) is 0.845. The second-order valence-electron chi connectivity index (χ2n) is 5.10. The molecule has 0 atom stereocenters. The van der Waals surface area contributed by atoms with E-state index in [0.717, 1.165) is 18.4 Å². The van der Waals surface area contributed by atoms with E-state index in [2.05, 4.69) is 15.0 Å². The van der Waals surface area contributed by atoms with Crippen LogP contribution in [0.25, 0.3) is 0 Å². The van der Waals surface area contributed by atoms with Crippen LogP contribution in [0.4, 0.5) is 4.39 Å². The maximum Gasteiger partial charge on any atom is 0.442 e. The van der Waals surface area contributed by atoms with Crippen molar-refractivity contribution in [2.45, 2.75) is 31.8 Å². The Bertz CT molecular complexity index is 701. The topological polar surface area (TPSA) is 77.1 Å². The number of aromatic nitrogens is 2. The molecule has 1 N–H and O–H groups in total. The van der Waals surface area contributed by atoms with Gasteiger partial charge in [-0.3, -0.25) is 13.9 Å². The van der Waals surface area contributed by atoms with Gasteiger partial charge in [-0.1, -0.05) is 17.3 Å². The number of hydrogen-bond donors (Lipinski definition) is 1. The third-order valence-corrected chi connectivity index (χ3v) is 3.28. The minimum Gasteiger partial charge on any atom is -0.352 e. The van der Waals surface area contributed by atoms with E-state index in [1.54, 1.807) is 12.1 Å². The maximum atomic E-state index is 12.9. The molecule has 0 radical (unpaired) electrons. The highest BCUT2D eigenvalue weighted by Crippen LogP contribution is 2.18. The fraction of sp³-hybridized carbons (Fsp3) is 0.357. The van der Waals surface area contributed by atoms with Crippen LogP contribution in [0.2, 0.25) is 0 Å². The summed E-state index contributed by atoms with van der Waals surface area (Å²) < 4.78 is 18.7. The minimum absolute atomic E-state index is 0.116. The lowest BCUT2D eigenvalue weighted by Crippen LogP contribution is -2.33. The lowest BCUT2D eigenvalue weighted by Gasteiger charge is -2.05. The first-order valence-electron chi connectivity index (χ1n) is 6.71. The molecule has 1 heterocycles. The van der Waals surface area contributed by atoms with E-state index >= 15 is 0 Å². The molecule has 1 aromatic carbocycles. The van der Waals surface area contributed by atoms with Gasteiger partial charge >= 0.3 is 5.76 Å². The smallest absolute Gasteiger partial charge is 0.352 e. The Morgan fingerprint density at radius 2 is 2.10 bits per heavy atom. The maximum absolute atomic E-state index is 12.9. The van der Waals surface area contributed by atoms with Crippen LogP contribution >= 0.6 is 0 Å². The molecule has 1 amide bonds. The molecule has 1 aliphatic rings. The van der Waals surface area contributed by atoms with Crippen molar-refractivity contribution in [1.82, 2.24) is 15.0 Å². The Labute approximate surface area is 119 Å². The van der Waals surface area contributed by atoms with Crippen LogP contribution in [-0.2, 0) is 17.8 Å². The number of hydrogen-bond acceptors (Lipinski definition) is 4. The van der Waals surface area contributed by atoms with E-state index in [0.29, 0.717) is 12.2 Å². The number of rotatable bonds is 5. The van der Waals surface area contributed by atoms with Gasteiger partial charge in [-0.15, -0.1) is 0 Å². The number of amides is 1. The zero-order chi connectivity index (χ0) is 14.8. The van der Waals surface area contributed by atoms with Crippen molar-refractivity contribution in [3.05, 3.63) is 52.0 Å². The highest BCUT2D eigenvalue weighted by Gasteiger charge is 2.24. The molecule has 1 aliphatic carbocycles. The van der Waals surface area contributed by atoms with Crippen molar-refractivity contribution in [3.63, 3.8) is 0 Å². The molecule has 1 fully saturated rings. The van der Waals surface area contributed by atoms with Crippen molar-refractivity contribution < 1.29 is 13.7 Å². The van der Waals surface area contributed by atoms with E-state index < -0.39 is 5.76 Å². The van der Waals surface area contributed by atoms with Gasteiger partial charge in [0.1, 0.15) is 12.4 Å². The molecule has 21 heavy (non-hydrogen) atoms. The normalized spacial score (nSPS) is 14.1. The fourth-order valence-corrected chi connectivity index (χ4v) is 2.01. The third kappa shape index (κ3) is 3.36. The quantitative estimate of drug-likeness (QED) is 0.885. The Morgan fingerprint density at radius 1 is 1.38 bits per heavy atom. The van der Waals surface area contributed by atoms with Gasteiger partial charge in [-0.25, -0.2) is 9.18 Å². The fourth-order valence-electron chi connectivity index (χ4n) is 2.01. The summed E-state index contributed by atoms with van der Waals surface area (Å²) in [6.07, 6.45) is 2.25. The molecule has 0 saturated heterocycles. The number of carbonyl (C=O) groups is 1. The van der Waals surface area contributed by atoms with Gasteiger partial charge in [0.15, 0.2) is 5.82 Å². The molecular weight excluding hydrogens is 277 g/mol. The summed E-state index contributed by atoms with van der Waals surface area (Å²) in [5.74, 6) is -0.890. The Kier molecular flexibility index (Phi) is 3.55. The number of nitrogens with zero attached hydrogens (tertiary/aromatic N) is 2. The van der Waals surface area contributed by atoms with Gasteiger partial charge < -0.3 is 5.32 Å². The first-order chi connectivity index (χ1) is 10.1. The summed E-state index contributed by atoms with van der Waals surface area (Å²) >= 11 is 0. The minimum atomic E-state index is -0.668. The van der Waals surface area contributed by atoms with E-state index in [4.69, 9.17) is 0 Å². The molecule has 3 rings (SSSR count). The SMILES string of the molecule is O=C(Cn1c(Cc2ccc(F)cc2)noc1=O)NC1CC1. The zero-order valence-electron chi connectivity index (χ0n) is 11.2. The number of nitrogens with one attached hydrogen (secondary N) is 1. The van der Waals surface area contributed by atoms with Crippen LogP contribution < -0.4 is 11.1 Å². The number of benzene rings is 1. The average molecular weight is 291 g/mol. The van der Waals surface area contributed by atoms with Gasteiger partial charge in [0, 0.05) is 12.5 Å². The Hall–Kier alpha value is -2.44. The van der Waals surface area contributed by atoms with E-state index in [1.165, 1.54) is 16.7 Å². The molecule has 1 aromatic heterocycles. The third-order valence-electron chi connectivity index (χ3n) is 3.28. The van der Waals surface area contributed by atoms with Crippen LogP contribution in [0.3, 0.4) is 0 Å². The number of carbonyl (C=O) groups excluding carboxylic acids is 1. The summed E-state index contributed by atoms with van der Waals surface area (Å²) in [6.45, 7) is -0.116. The molecule has 0 unspecified atom stereocenters. The van der Waals surface area contributed by atoms with Gasteiger partial charge in [0.05, 0.1) is 0 Å². The van der Waals surface area contributed by atoms with Crippen molar-refractivity contribution in [2.75, 3.05) is 0 Å². The predicted molar refractivity (Wildman–Crippen MR) is 71.1 cm³/mol. The summed E-state index contributed by atoms with van der Waals surface area (Å²) in [6, 6.07) is 6.09. The summed E-state index contributed by atoms with van der Waals surface area (Å²) in [5.41, 5.74) is 0.779. The molecule has 0 bridgehead atoms. The van der Waals surface area contributed by atoms with E-state index in [1.807, 2.05) is 0 Å². The van der Waals surface area contributed by atoms with Crippen LogP contribution in [0.1, 0.15) is 24.2 Å². The summed E-state index contributed by atoms with van der Waals surface area (Å²) in [7, 11) is 0. The molecule has 7 heteroatoms. The van der Waals surface area contributed by atoms with Gasteiger partial charge in [-0.05, 0) is 30.5 Å². The van der Waals surface area contributed by atoms with Crippen LogP contribution in [0.5, 0.6) is 0 Å². The van der Waals surface area contributed by atoms with Crippen molar-refractivity contribution >= 4 is 5.91 Å². The summed E-state index contributed by atoms with van der Waals surface area (Å²) in [5, 5.41) is 6.48. The van der Waals surface area contributed by atoms with Gasteiger partial charge in [0.2, 0.25) is 5.91 Å². The molecule has 110 valence electrons. The van der Waals surface area contributed by atoms with Crippen LogP contribution in [-0.4, -0.2) is 21.7 Å². The molecule has 6 nitrogen and oxygen atoms in total. The first-order valence-corrected chi connectivity index (χ1v) is 6.71. The van der Waals surface area contributed by atoms with Crippen molar-refractivity contribution in [1.29, 1.82) is 0 Å². The highest BCUT2D eigenvalue weighted by molar-refractivity contribution is 5.76. The average Bonchev–Trinajstić information content (AvgIpc) is 3.20. The molecule has 2 aromatic rings. The van der Waals surface area contributed by atoms with Crippen LogP contribution in [0.15, 0.2) is 33.6 Å². The van der Waals surface area contributed by atoms with E-state index in [9.17, 15) is 14.0 Å². The first kappa shape index (κ1) is 13.5. The lowest BCUT2D eigenvalue weighted by molar-refractivity contribution is -0.121. The summed E-state index contributed by atoms with van der Waals surface area (Å²) in [4.78, 5) is 23.4. The van der Waals surface area contributed by atoms with Crippen molar-refractivity contribution in [2.24, 2.45) is 0 Å². The van der Waals surface area contributed by atoms with Gasteiger partial charge in [0.25, 0.3) is 0 Å². The Morgan fingerprint density at radius 3 is 2.76 bits per heavy atom. The highest BCUT2D eigenvalue weighted by atomic mass is 19.1. The second-order valence-corrected chi connectivity index (χ2v) is 5.10. The standard InChI is InChI=1S/C14H14FN3O3/c15-10-3-1-9(2-4-10)7-12-17-21-14(20)18(12)8-13(19)16-11-5-6-11/h1-4,11H,5-8H2,(H,16,19). The van der Waals surface area contributed by atoms with Gasteiger partial charge in [-0.2, -0.15) is 0 Å². The molecule has 1 saturated carbocycles. The zero-order valence-corrected chi connectivity index (χ0v) is 11.2. The van der Waals surface area contributed by atoms with Crippen LogP contribution in [0, 0.1) is 5.82 Å². The molecule has 0 spiro atoms. The lowest BCUT2D eigenvalue weighted by atomic mass is 10.1. The van der Waals surface area contributed by atoms with Crippen molar-refractivity contribution in [3.8, 4) is 0 Å².